The molecule has 4 aliphatic carbocycles. The van der Waals surface area contributed by atoms with Crippen LogP contribution in [0.1, 0.15) is 197 Å². The Labute approximate surface area is 845 Å². The van der Waals surface area contributed by atoms with Gasteiger partial charge in [-0.1, -0.05) is 61.9 Å². The molecule has 15 atom stereocenters. The van der Waals surface area contributed by atoms with Crippen molar-refractivity contribution < 1.29 is 91.2 Å². The first-order valence-corrected chi connectivity index (χ1v) is 52.7. The molecule has 0 bridgehead atoms. The van der Waals surface area contributed by atoms with E-state index < -0.39 is 95.2 Å². The number of thiazole rings is 2. The van der Waals surface area contributed by atoms with Gasteiger partial charge in [-0.2, -0.15) is 9.97 Å². The number of hydrogen-bond donors (Lipinski definition) is 10. The normalized spacial score (nSPS) is 26.7. The first-order valence-electron chi connectivity index (χ1n) is 49.1. The van der Waals surface area contributed by atoms with Crippen LogP contribution in [0.2, 0.25) is 0 Å². The lowest BCUT2D eigenvalue weighted by molar-refractivity contribution is -0.146. The molecule has 4 saturated heterocycles. The molecule has 143 heavy (non-hydrogen) atoms. The van der Waals surface area contributed by atoms with E-state index in [0.29, 0.717) is 96.4 Å². The Balaban J connectivity index is 0.000000163. The molecule has 0 spiro atoms. The molecule has 6 amide bonds. The fourth-order valence-corrected chi connectivity index (χ4v) is 22.8. The van der Waals surface area contributed by atoms with E-state index in [9.17, 15) is 58.2 Å². The van der Waals surface area contributed by atoms with Crippen LogP contribution in [0.15, 0.2) is 106 Å². The Morgan fingerprint density at radius 1 is 0.552 bits per heavy atom. The minimum Gasteiger partial charge on any atom is -0.497 e. The molecule has 0 radical (unpaired) electrons. The summed E-state index contributed by atoms with van der Waals surface area (Å²) in [6.45, 7) is 17.4. The number of benzene rings is 2. The molecular weight excluding hydrogens is 1920 g/mol. The molecule has 10 aliphatic rings. The summed E-state index contributed by atoms with van der Waals surface area (Å²) in [7, 11) is 4.77. The van der Waals surface area contributed by atoms with Crippen LogP contribution in [0.3, 0.4) is 0 Å². The number of alkyl carbamates (subject to hydrolysis) is 2. The van der Waals surface area contributed by atoms with Crippen LogP contribution in [0, 0.1) is 38.5 Å². The van der Waals surface area contributed by atoms with Crippen molar-refractivity contribution in [2.24, 2.45) is 17.8 Å². The number of methoxy groups -OCH3 is 3. The Hall–Kier alpha value is -11.7. The highest BCUT2D eigenvalue weighted by molar-refractivity contribution is 8.00. The molecule has 6 aromatic heterocycles. The molecule has 12 heterocycles. The number of carboxylic acid groups (broad SMARTS) is 2. The third-order valence-corrected chi connectivity index (χ3v) is 31.1. The van der Waals surface area contributed by atoms with Crippen molar-refractivity contribution in [1.82, 2.24) is 70.1 Å². The maximum Gasteiger partial charge on any atom is 0.408 e. The predicted octanol–water partition coefficient (Wildman–Crippen LogP) is 13.3. The number of pyridine rings is 2. The van der Waals surface area contributed by atoms with E-state index >= 15 is 0 Å². The zero-order valence-electron chi connectivity index (χ0n) is 82.3. The number of amides is 6. The molecular formula is C100H130N18O21S4. The standard InChI is InChI=1S/C41H52N6O7S.C40H50N6O8S.C10H15N3O3S.C9H13N3O3S/c1-23(2)42-39-44-33(22-55-39)32-19-35(29-15-13-25(4)17-31(29)43-32)53-28-18-34-36(48)46-41(38(50)51)20-26(41)10-6-5-9-24(3)14-16-30(37(49)47(34)21-28)45-40(52)54-27-11-7-8-12-27;1-23(2)41-38-43-32(22-55-38)31-19-34(28-16-15-26(52-3)17-30(28)42-31)53-27-18-33-35(47)45-40(37(49)50)20-24(40)11-7-5-4-6-8-14-29(36(48)46(33)21-27)44-39(51)54-25-12-9-10-13-25;1-6-3-13(10(14)12-9(6)11)7-4-16-8(17-7)5-15-2;1-5-3-12(8(13)11-7(5)10)6-4-15-9(14-2)16-6/h6,10,13,15,17,19,22-24,26-28,30,34H,5,7-9,11-12,14,16,18,20-21H2,1-4H3,(H,42,44)(H,45,52)(H,46,48)(H,50,51);7,11,15-17,19,22-25,27,29,33H,4-6,8-10,12-14,18,20-21H2,1-3H3,(H,41,43)(H,44,51)(H,45,47)(H,49,50);3,7-8H,4-5H2,1-2H3,(H2,11,12,14);3,6,9H,4H2,1-2H3,(H2,10,11,13)/b10-6-;11-7-;;/t24?,26-,28-,30+,34+,41-;24-,27-,29+,33+,40-;;/m11../s1. The zero-order valence-corrected chi connectivity index (χ0v) is 85.6. The van der Waals surface area contributed by atoms with Crippen molar-refractivity contribution in [3.05, 3.63) is 134 Å². The quantitative estimate of drug-likeness (QED) is 0.0282. The molecule has 8 fully saturated rings. The van der Waals surface area contributed by atoms with Gasteiger partial charge < -0.3 is 106 Å². The van der Waals surface area contributed by atoms with E-state index in [1.807, 2.05) is 132 Å². The smallest absolute Gasteiger partial charge is 0.408 e. The van der Waals surface area contributed by atoms with Crippen molar-refractivity contribution in [2.45, 2.75) is 284 Å². The summed E-state index contributed by atoms with van der Waals surface area (Å²) < 4.78 is 54.3. The molecule has 4 saturated carbocycles. The molecule has 43 heteroatoms. The molecule has 12 N–H and O–H groups in total. The number of carbonyl (C=O) groups is 8. The number of ether oxygens (including phenoxy) is 9. The molecule has 18 rings (SSSR count). The average Bonchev–Trinajstić information content (AvgIpc) is 1.58. The van der Waals surface area contributed by atoms with Gasteiger partial charge in [-0.05, 0) is 193 Å². The van der Waals surface area contributed by atoms with Gasteiger partial charge in [0, 0.05) is 114 Å². The number of nitrogens with two attached hydrogens (primary N) is 2. The van der Waals surface area contributed by atoms with Gasteiger partial charge in [0.2, 0.25) is 29.3 Å². The van der Waals surface area contributed by atoms with Gasteiger partial charge in [-0.3, -0.25) is 28.3 Å². The van der Waals surface area contributed by atoms with Crippen LogP contribution in [0.4, 0.5) is 31.5 Å². The Morgan fingerprint density at radius 3 is 1.52 bits per heavy atom. The fourth-order valence-electron chi connectivity index (χ4n) is 19.0. The van der Waals surface area contributed by atoms with Crippen LogP contribution < -0.4 is 69.0 Å². The highest BCUT2D eigenvalue weighted by atomic mass is 32.2. The highest BCUT2D eigenvalue weighted by Gasteiger charge is 2.63. The summed E-state index contributed by atoms with van der Waals surface area (Å²) in [5.74, 6) is -2.48. The minimum absolute atomic E-state index is 0.0324. The summed E-state index contributed by atoms with van der Waals surface area (Å²) in [4.78, 5) is 162. The molecule has 770 valence electrons. The van der Waals surface area contributed by atoms with Crippen molar-refractivity contribution in [2.75, 3.05) is 76.3 Å². The lowest BCUT2D eigenvalue weighted by atomic mass is 9.96. The monoisotopic (exact) mass is 2050 g/mol. The van der Waals surface area contributed by atoms with E-state index in [1.54, 1.807) is 50.1 Å². The number of carbonyl (C=O) groups excluding carboxylic acids is 6. The van der Waals surface area contributed by atoms with Crippen molar-refractivity contribution in [3.63, 3.8) is 0 Å². The third kappa shape index (κ3) is 26.3. The van der Waals surface area contributed by atoms with Crippen molar-refractivity contribution in [1.29, 1.82) is 0 Å². The largest absolute Gasteiger partial charge is 0.497 e. The SMILES string of the molecule is COC1OCC(n2cc(C)c(N)nc2=O)S1.COCC1OCC(n2cc(C)c(N)nc2=O)S1.COc1ccc2c(O[C@@H]3C[C@H]4C(=O)N[C@]5(C(=O)O)C[C@H]5/C=C\CCCCC[C@H](NC(=O)OC5CCCC5)C(=O)N4C3)cc(-c3csc(NC(C)C)n3)nc2c1.Cc1ccc2c(O[C@@H]3C[C@H]4C(=O)N[C@]5(C(=O)O)C[C@H]5/C=C\CCC(C)CC[C@H](NC(=O)OC5CCCC5)C(=O)N4C3)cc(-c3csc(NC(C)C)n3)nc2c1. The van der Waals surface area contributed by atoms with E-state index in [1.165, 1.54) is 48.8 Å². The van der Waals surface area contributed by atoms with Gasteiger partial charge in [0.25, 0.3) is 0 Å². The number of nitrogens with one attached hydrogen (secondary N) is 6. The first kappa shape index (κ1) is 106. The number of aromatic nitrogens is 8. The van der Waals surface area contributed by atoms with Gasteiger partial charge in [0.1, 0.15) is 116 Å². The predicted molar refractivity (Wildman–Crippen MR) is 544 cm³/mol. The lowest BCUT2D eigenvalue weighted by Crippen LogP contribution is -2.56. The van der Waals surface area contributed by atoms with E-state index in [2.05, 4.69) is 48.8 Å². The number of allylic oxidation sites excluding steroid dienone is 2. The van der Waals surface area contributed by atoms with Gasteiger partial charge in [-0.15, -0.1) is 34.4 Å². The third-order valence-electron chi connectivity index (χ3n) is 27.1. The Morgan fingerprint density at radius 2 is 1.03 bits per heavy atom. The second kappa shape index (κ2) is 47.4. The number of thioether (sulfide) groups is 2. The maximum atomic E-state index is 14.6. The summed E-state index contributed by atoms with van der Waals surface area (Å²) in [6.07, 6.45) is 22.1. The number of nitrogen functional groups attached to an aromatic ring is 2. The number of aliphatic carboxylic acids is 2. The summed E-state index contributed by atoms with van der Waals surface area (Å²) in [6, 6.07) is 11.5. The second-order valence-electron chi connectivity index (χ2n) is 38.7. The summed E-state index contributed by atoms with van der Waals surface area (Å²) in [5.41, 5.74) is 13.7. The topological polar surface area (TPSA) is 512 Å². The van der Waals surface area contributed by atoms with E-state index in [-0.39, 0.29) is 126 Å². The van der Waals surface area contributed by atoms with E-state index in [0.717, 1.165) is 121 Å². The highest BCUT2D eigenvalue weighted by Crippen LogP contribution is 2.49. The lowest BCUT2D eigenvalue weighted by Gasteiger charge is -2.30. The second-order valence-corrected chi connectivity index (χ2v) is 43.0. The Kier molecular flexibility index (Phi) is 35.0. The van der Waals surface area contributed by atoms with Crippen LogP contribution in [-0.2, 0) is 57.2 Å². The first-order chi connectivity index (χ1) is 68.6. The van der Waals surface area contributed by atoms with Crippen molar-refractivity contribution in [3.8, 4) is 40.0 Å². The van der Waals surface area contributed by atoms with Crippen LogP contribution in [0.5, 0.6) is 17.2 Å². The molecule has 39 nitrogen and oxygen atoms in total. The number of fused-ring (bicyclic) bond motifs is 6. The minimum atomic E-state index is -1.45. The number of hydrogen-bond acceptors (Lipinski definition) is 33. The number of rotatable bonds is 22. The number of anilines is 4. The van der Waals surface area contributed by atoms with E-state index in [4.69, 9.17) is 74.0 Å². The molecule has 6 aliphatic heterocycles. The maximum absolute atomic E-state index is 14.6. The van der Waals surface area contributed by atoms with Crippen LogP contribution in [0.25, 0.3) is 44.6 Å². The van der Waals surface area contributed by atoms with Gasteiger partial charge in [-0.25, -0.2) is 48.7 Å². The van der Waals surface area contributed by atoms with Gasteiger partial charge >= 0.3 is 35.5 Å². The number of aryl methyl sites for hydroxylation is 3. The average molecular weight is 2050 g/mol. The van der Waals surface area contributed by atoms with Gasteiger partial charge in [0.05, 0.1) is 62.4 Å². The molecule has 5 unspecified atom stereocenters. The summed E-state index contributed by atoms with van der Waals surface area (Å²) in [5, 5.41) is 45.3. The molecule has 8 aromatic rings. The number of nitrogens with zero attached hydrogens (tertiary/aromatic N) is 10. The van der Waals surface area contributed by atoms with Crippen LogP contribution >= 0.6 is 46.2 Å². The summed E-state index contributed by atoms with van der Waals surface area (Å²) >= 11 is 5.94. The molecule has 2 aromatic carbocycles. The van der Waals surface area contributed by atoms with Gasteiger partial charge in [0.15, 0.2) is 10.3 Å². The zero-order chi connectivity index (χ0) is 102. The fraction of sp³-hybridized carbons (Fsp3) is 0.560. The number of carboxylic acids is 2. The van der Waals surface area contributed by atoms with Crippen molar-refractivity contribution >= 4 is 138 Å². The Bertz CT molecular complexity index is 6110. The van der Waals surface area contributed by atoms with Crippen LogP contribution in [-0.4, -0.2) is 244 Å².